The van der Waals surface area contributed by atoms with E-state index in [4.69, 9.17) is 0 Å². The molecule has 0 aromatic carbocycles. The first kappa shape index (κ1) is 15.4. The van der Waals surface area contributed by atoms with Crippen LogP contribution in [-0.4, -0.2) is 33.1 Å². The molecule has 4 saturated carbocycles. The lowest BCUT2D eigenvalue weighted by atomic mass is 9.43. The van der Waals surface area contributed by atoms with Crippen LogP contribution in [0, 0.1) is 28.6 Å². The quantitative estimate of drug-likeness (QED) is 0.645. The lowest BCUT2D eigenvalue weighted by molar-refractivity contribution is -0.221. The molecule has 0 radical (unpaired) electrons. The Morgan fingerprint density at radius 2 is 1.59 bits per heavy atom. The van der Waals surface area contributed by atoms with Gasteiger partial charge in [-0.15, -0.1) is 0 Å². The Kier molecular flexibility index (Phi) is 3.30. The van der Waals surface area contributed by atoms with Crippen LogP contribution in [0.25, 0.3) is 0 Å². The minimum Gasteiger partial charge on any atom is -0.393 e. The number of fused-ring (bicyclic) bond motifs is 5. The van der Waals surface area contributed by atoms with Crippen molar-refractivity contribution in [3.8, 4) is 0 Å². The molecule has 3 unspecified atom stereocenters. The van der Waals surface area contributed by atoms with Crippen LogP contribution >= 0.6 is 0 Å². The summed E-state index contributed by atoms with van der Waals surface area (Å²) in [6.45, 7) is 4.60. The van der Waals surface area contributed by atoms with E-state index in [0.717, 1.165) is 51.4 Å². The summed E-state index contributed by atoms with van der Waals surface area (Å²) in [4.78, 5) is 0. The van der Waals surface area contributed by atoms with Crippen molar-refractivity contribution >= 4 is 0 Å². The third kappa shape index (κ3) is 1.79. The Morgan fingerprint density at radius 3 is 2.36 bits per heavy atom. The van der Waals surface area contributed by atoms with E-state index in [1.165, 1.54) is 0 Å². The van der Waals surface area contributed by atoms with Gasteiger partial charge in [-0.3, -0.25) is 0 Å². The van der Waals surface area contributed by atoms with Gasteiger partial charge in [0.15, 0.2) is 0 Å². The van der Waals surface area contributed by atoms with Crippen molar-refractivity contribution in [2.45, 2.75) is 89.4 Å². The molecule has 0 aromatic heterocycles. The Hall–Kier alpha value is -0.120. The highest BCUT2D eigenvalue weighted by Crippen LogP contribution is 2.67. The molecule has 22 heavy (non-hydrogen) atoms. The molecule has 3 nitrogen and oxygen atoms in total. The molecule has 4 aliphatic rings. The number of aliphatic hydroxyl groups excluding tert-OH is 2. The first-order valence-corrected chi connectivity index (χ1v) is 9.39. The van der Waals surface area contributed by atoms with Crippen molar-refractivity contribution in [3.63, 3.8) is 0 Å². The van der Waals surface area contributed by atoms with E-state index in [2.05, 4.69) is 13.8 Å². The first-order chi connectivity index (χ1) is 10.3. The van der Waals surface area contributed by atoms with Gasteiger partial charge < -0.3 is 15.3 Å². The van der Waals surface area contributed by atoms with Crippen LogP contribution < -0.4 is 0 Å². The molecular weight excluding hydrogens is 276 g/mol. The predicted octanol–water partition coefficient (Wildman–Crippen LogP) is 2.87. The molecule has 0 amide bonds. The Bertz CT molecular complexity index is 466. The highest BCUT2D eigenvalue weighted by molar-refractivity contribution is 5.14. The van der Waals surface area contributed by atoms with Gasteiger partial charge in [-0.25, -0.2) is 0 Å². The molecule has 0 aromatic rings. The topological polar surface area (TPSA) is 60.7 Å². The van der Waals surface area contributed by atoms with Gasteiger partial charge in [0, 0.05) is 6.42 Å². The Labute approximate surface area is 134 Å². The fourth-order valence-corrected chi connectivity index (χ4v) is 7.20. The normalized spacial score (nSPS) is 61.2. The van der Waals surface area contributed by atoms with Crippen LogP contribution in [0.3, 0.4) is 0 Å². The van der Waals surface area contributed by atoms with Crippen LogP contribution in [0.5, 0.6) is 0 Å². The zero-order valence-electron chi connectivity index (χ0n) is 14.1. The molecule has 4 rings (SSSR count). The second-order valence-electron chi connectivity index (χ2n) is 9.40. The van der Waals surface area contributed by atoms with Crippen molar-refractivity contribution in [2.75, 3.05) is 0 Å². The lowest BCUT2D eigenvalue weighted by Gasteiger charge is -2.63. The van der Waals surface area contributed by atoms with Crippen LogP contribution in [0.15, 0.2) is 0 Å². The Morgan fingerprint density at radius 1 is 0.818 bits per heavy atom. The highest BCUT2D eigenvalue weighted by atomic mass is 16.3. The van der Waals surface area contributed by atoms with E-state index in [0.29, 0.717) is 24.2 Å². The number of hydrogen-bond donors (Lipinski definition) is 3. The number of rotatable bonds is 0. The molecule has 0 heterocycles. The average Bonchev–Trinajstić information content (AvgIpc) is 2.76. The van der Waals surface area contributed by atoms with E-state index in [1.807, 2.05) is 0 Å². The summed E-state index contributed by atoms with van der Waals surface area (Å²) in [5.41, 5.74) is -0.595. The number of hydrogen-bond acceptors (Lipinski definition) is 3. The second kappa shape index (κ2) is 4.70. The van der Waals surface area contributed by atoms with Crippen LogP contribution in [0.1, 0.15) is 71.6 Å². The van der Waals surface area contributed by atoms with Crippen molar-refractivity contribution in [2.24, 2.45) is 28.6 Å². The zero-order chi connectivity index (χ0) is 15.8. The van der Waals surface area contributed by atoms with Gasteiger partial charge >= 0.3 is 0 Å². The zero-order valence-corrected chi connectivity index (χ0v) is 14.1. The van der Waals surface area contributed by atoms with Crippen molar-refractivity contribution in [3.05, 3.63) is 0 Å². The molecule has 126 valence electrons. The monoisotopic (exact) mass is 308 g/mol. The summed E-state index contributed by atoms with van der Waals surface area (Å²) in [6.07, 6.45) is 8.21. The summed E-state index contributed by atoms with van der Waals surface area (Å²) in [6, 6.07) is 0. The summed E-state index contributed by atoms with van der Waals surface area (Å²) in [5, 5.41) is 31.8. The van der Waals surface area contributed by atoms with E-state index < -0.39 is 5.60 Å². The Balaban J connectivity index is 1.67. The van der Waals surface area contributed by atoms with E-state index in [9.17, 15) is 15.3 Å². The number of aliphatic hydroxyl groups is 3. The van der Waals surface area contributed by atoms with Gasteiger partial charge in [-0.05, 0) is 80.0 Å². The molecule has 3 heteroatoms. The maximum atomic E-state index is 11.3. The largest absolute Gasteiger partial charge is 0.393 e. The molecule has 3 N–H and O–H groups in total. The maximum Gasteiger partial charge on any atom is 0.0728 e. The third-order valence-electron chi connectivity index (χ3n) is 8.73. The third-order valence-corrected chi connectivity index (χ3v) is 8.73. The molecule has 8 atom stereocenters. The van der Waals surface area contributed by atoms with Gasteiger partial charge in [0.05, 0.1) is 17.8 Å². The average molecular weight is 308 g/mol. The molecule has 0 spiro atoms. The van der Waals surface area contributed by atoms with Crippen molar-refractivity contribution in [1.82, 2.24) is 0 Å². The standard InChI is InChI=1S/C19H32O3/c1-17-8-7-15-13(14(17)3-4-16(17)21)6-10-19(22)11-12(20)5-9-18(15,19)2/h12-16,20-22H,3-11H2,1-2H3/t12?,13-,14-,15+,16?,17-,18+,19?/m0/s1. The minimum absolute atomic E-state index is 0.0377. The highest BCUT2D eigenvalue weighted by Gasteiger charge is 2.64. The SMILES string of the molecule is C[C@]12CC[C@@H]3[C@@H](CCC4(O)CC(O)CC[C@]34C)[C@@H]1CCC2O. The van der Waals surface area contributed by atoms with Gasteiger partial charge in [0.25, 0.3) is 0 Å². The van der Waals surface area contributed by atoms with Gasteiger partial charge in [-0.1, -0.05) is 13.8 Å². The van der Waals surface area contributed by atoms with Crippen LogP contribution in [-0.2, 0) is 0 Å². The summed E-state index contributed by atoms with van der Waals surface area (Å²) < 4.78 is 0. The first-order valence-electron chi connectivity index (χ1n) is 9.39. The molecule has 0 bridgehead atoms. The maximum absolute atomic E-state index is 11.3. The molecular formula is C19H32O3. The lowest BCUT2D eigenvalue weighted by Crippen LogP contribution is -2.63. The fourth-order valence-electron chi connectivity index (χ4n) is 7.20. The molecule has 0 saturated heterocycles. The van der Waals surface area contributed by atoms with Crippen LogP contribution in [0.2, 0.25) is 0 Å². The van der Waals surface area contributed by atoms with Crippen molar-refractivity contribution < 1.29 is 15.3 Å². The fraction of sp³-hybridized carbons (Fsp3) is 1.00. The summed E-state index contributed by atoms with van der Waals surface area (Å²) >= 11 is 0. The smallest absolute Gasteiger partial charge is 0.0728 e. The second-order valence-corrected chi connectivity index (χ2v) is 9.40. The van der Waals surface area contributed by atoms with Gasteiger partial charge in [0.1, 0.15) is 0 Å². The predicted molar refractivity (Wildman–Crippen MR) is 85.2 cm³/mol. The molecule has 0 aliphatic heterocycles. The van der Waals surface area contributed by atoms with E-state index >= 15 is 0 Å². The van der Waals surface area contributed by atoms with Gasteiger partial charge in [0.2, 0.25) is 0 Å². The minimum atomic E-state index is -0.670. The summed E-state index contributed by atoms with van der Waals surface area (Å²) in [5.74, 6) is 1.87. The van der Waals surface area contributed by atoms with Crippen molar-refractivity contribution in [1.29, 1.82) is 0 Å². The molecule has 4 fully saturated rings. The molecule has 4 aliphatic carbocycles. The van der Waals surface area contributed by atoms with Gasteiger partial charge in [-0.2, -0.15) is 0 Å². The van der Waals surface area contributed by atoms with E-state index in [1.54, 1.807) is 0 Å². The summed E-state index contributed by atoms with van der Waals surface area (Å²) in [7, 11) is 0. The van der Waals surface area contributed by atoms with E-state index in [-0.39, 0.29) is 23.0 Å². The van der Waals surface area contributed by atoms with Crippen LogP contribution in [0.4, 0.5) is 0 Å².